The highest BCUT2D eigenvalue weighted by Crippen LogP contribution is 2.19. The SMILES string of the molecule is COc1cccc(OCC(=O)N2CCC(C#N)CC2)c1. The topological polar surface area (TPSA) is 62.6 Å². The standard InChI is InChI=1S/C15H18N2O3/c1-19-13-3-2-4-14(9-13)20-11-15(18)17-7-5-12(10-16)6-8-17/h2-4,9,12H,5-8,11H2,1H3. The number of hydrogen-bond donors (Lipinski definition) is 0. The van der Waals surface area contributed by atoms with Gasteiger partial charge in [0.25, 0.3) is 5.91 Å². The second-order valence-electron chi connectivity index (χ2n) is 4.75. The van der Waals surface area contributed by atoms with Gasteiger partial charge in [0.05, 0.1) is 13.2 Å². The molecule has 0 saturated carbocycles. The van der Waals surface area contributed by atoms with Crippen molar-refractivity contribution in [2.45, 2.75) is 12.8 Å². The Hall–Kier alpha value is -2.22. The molecule has 0 aromatic heterocycles. The van der Waals surface area contributed by atoms with Crippen molar-refractivity contribution in [1.29, 1.82) is 5.26 Å². The van der Waals surface area contributed by atoms with Crippen LogP contribution in [0.25, 0.3) is 0 Å². The minimum Gasteiger partial charge on any atom is -0.497 e. The molecule has 1 aliphatic rings. The largest absolute Gasteiger partial charge is 0.497 e. The Morgan fingerprint density at radius 3 is 2.75 bits per heavy atom. The van der Waals surface area contributed by atoms with E-state index in [0.29, 0.717) is 24.6 Å². The first kappa shape index (κ1) is 14.2. The summed E-state index contributed by atoms with van der Waals surface area (Å²) in [6, 6.07) is 9.42. The third-order valence-electron chi connectivity index (χ3n) is 3.43. The van der Waals surface area contributed by atoms with Gasteiger partial charge in [0.1, 0.15) is 11.5 Å². The summed E-state index contributed by atoms with van der Waals surface area (Å²) in [4.78, 5) is 13.8. The number of nitriles is 1. The van der Waals surface area contributed by atoms with Gasteiger partial charge in [-0.3, -0.25) is 4.79 Å². The van der Waals surface area contributed by atoms with Crippen LogP contribution in [0, 0.1) is 17.2 Å². The normalized spacial score (nSPS) is 15.5. The Bertz CT molecular complexity index is 502. The zero-order chi connectivity index (χ0) is 14.4. The summed E-state index contributed by atoms with van der Waals surface area (Å²) in [5.74, 6) is 1.36. The summed E-state index contributed by atoms with van der Waals surface area (Å²) in [6.07, 6.45) is 1.50. The third-order valence-corrected chi connectivity index (χ3v) is 3.43. The molecule has 106 valence electrons. The Morgan fingerprint density at radius 1 is 1.40 bits per heavy atom. The lowest BCUT2D eigenvalue weighted by atomic mass is 9.99. The summed E-state index contributed by atoms with van der Waals surface area (Å²) >= 11 is 0. The van der Waals surface area contributed by atoms with E-state index in [2.05, 4.69) is 6.07 Å². The van der Waals surface area contributed by atoms with Gasteiger partial charge in [-0.1, -0.05) is 6.07 Å². The second kappa shape index (κ2) is 6.80. The van der Waals surface area contributed by atoms with Crippen LogP contribution in [0.3, 0.4) is 0 Å². The molecule has 1 aliphatic heterocycles. The number of carbonyl (C=O) groups excluding carboxylic acids is 1. The van der Waals surface area contributed by atoms with E-state index in [1.54, 1.807) is 24.1 Å². The smallest absolute Gasteiger partial charge is 0.260 e. The Morgan fingerprint density at radius 2 is 2.10 bits per heavy atom. The van der Waals surface area contributed by atoms with Gasteiger partial charge in [-0.15, -0.1) is 0 Å². The van der Waals surface area contributed by atoms with Crippen molar-refractivity contribution in [2.75, 3.05) is 26.8 Å². The molecule has 0 aliphatic carbocycles. The van der Waals surface area contributed by atoms with Crippen LogP contribution >= 0.6 is 0 Å². The number of rotatable bonds is 4. The Balaban J connectivity index is 1.82. The zero-order valence-corrected chi connectivity index (χ0v) is 11.5. The number of carbonyl (C=O) groups is 1. The number of benzene rings is 1. The van der Waals surface area contributed by atoms with E-state index in [0.717, 1.165) is 12.8 Å². The first-order valence-corrected chi connectivity index (χ1v) is 6.67. The molecule has 0 spiro atoms. The zero-order valence-electron chi connectivity index (χ0n) is 11.5. The number of likely N-dealkylation sites (tertiary alicyclic amines) is 1. The predicted octanol–water partition coefficient (Wildman–Crippen LogP) is 1.84. The predicted molar refractivity (Wildman–Crippen MR) is 73.4 cm³/mol. The van der Waals surface area contributed by atoms with Crippen LogP contribution in [0.4, 0.5) is 0 Å². The van der Waals surface area contributed by atoms with Crippen LogP contribution in [0.15, 0.2) is 24.3 Å². The van der Waals surface area contributed by atoms with Gasteiger partial charge in [0.2, 0.25) is 0 Å². The molecule has 1 aromatic carbocycles. The fourth-order valence-electron chi connectivity index (χ4n) is 2.19. The molecule has 5 nitrogen and oxygen atoms in total. The number of nitrogens with zero attached hydrogens (tertiary/aromatic N) is 2. The molecule has 0 atom stereocenters. The first-order chi connectivity index (χ1) is 9.72. The number of hydrogen-bond acceptors (Lipinski definition) is 4. The average molecular weight is 274 g/mol. The molecule has 1 fully saturated rings. The van der Waals surface area contributed by atoms with Crippen molar-refractivity contribution < 1.29 is 14.3 Å². The lowest BCUT2D eigenvalue weighted by Crippen LogP contribution is -2.40. The maximum Gasteiger partial charge on any atom is 0.260 e. The van der Waals surface area contributed by atoms with Crippen LogP contribution in [-0.4, -0.2) is 37.6 Å². The highest BCUT2D eigenvalue weighted by atomic mass is 16.5. The second-order valence-corrected chi connectivity index (χ2v) is 4.75. The number of amides is 1. The summed E-state index contributed by atoms with van der Waals surface area (Å²) < 4.78 is 10.6. The van der Waals surface area contributed by atoms with Gasteiger partial charge >= 0.3 is 0 Å². The van der Waals surface area contributed by atoms with Gasteiger partial charge < -0.3 is 14.4 Å². The van der Waals surface area contributed by atoms with E-state index >= 15 is 0 Å². The molecule has 0 N–H and O–H groups in total. The third kappa shape index (κ3) is 3.64. The van der Waals surface area contributed by atoms with E-state index in [9.17, 15) is 4.79 Å². The van der Waals surface area contributed by atoms with Crippen molar-refractivity contribution in [3.8, 4) is 17.6 Å². The van der Waals surface area contributed by atoms with Gasteiger partial charge in [-0.25, -0.2) is 0 Å². The minimum absolute atomic E-state index is 0.0182. The highest BCUT2D eigenvalue weighted by molar-refractivity contribution is 5.77. The van der Waals surface area contributed by atoms with E-state index in [4.69, 9.17) is 14.7 Å². The fourth-order valence-corrected chi connectivity index (χ4v) is 2.19. The van der Waals surface area contributed by atoms with Crippen LogP contribution in [-0.2, 0) is 4.79 Å². The molecule has 1 heterocycles. The molecule has 5 heteroatoms. The monoisotopic (exact) mass is 274 g/mol. The Labute approximate surface area is 118 Å². The van der Waals surface area contributed by atoms with Crippen molar-refractivity contribution in [1.82, 2.24) is 4.90 Å². The maximum absolute atomic E-state index is 12.0. The van der Waals surface area contributed by atoms with Crippen LogP contribution in [0.1, 0.15) is 12.8 Å². The molecule has 0 unspecified atom stereocenters. The van der Waals surface area contributed by atoms with E-state index in [-0.39, 0.29) is 18.4 Å². The molecular formula is C15H18N2O3. The van der Waals surface area contributed by atoms with E-state index < -0.39 is 0 Å². The molecule has 1 saturated heterocycles. The number of ether oxygens (including phenoxy) is 2. The van der Waals surface area contributed by atoms with Crippen LogP contribution in [0.2, 0.25) is 0 Å². The van der Waals surface area contributed by atoms with Crippen molar-refractivity contribution >= 4 is 5.91 Å². The average Bonchev–Trinajstić information content (AvgIpc) is 2.53. The van der Waals surface area contributed by atoms with Crippen molar-refractivity contribution in [3.05, 3.63) is 24.3 Å². The van der Waals surface area contributed by atoms with Gasteiger partial charge in [0.15, 0.2) is 6.61 Å². The molecule has 0 bridgehead atoms. The van der Waals surface area contributed by atoms with Gasteiger partial charge in [-0.2, -0.15) is 5.26 Å². The summed E-state index contributed by atoms with van der Waals surface area (Å²) in [5, 5.41) is 8.83. The minimum atomic E-state index is -0.0378. The summed E-state index contributed by atoms with van der Waals surface area (Å²) in [5.41, 5.74) is 0. The van der Waals surface area contributed by atoms with Gasteiger partial charge in [-0.05, 0) is 25.0 Å². The maximum atomic E-state index is 12.0. The summed E-state index contributed by atoms with van der Waals surface area (Å²) in [6.45, 7) is 1.29. The van der Waals surface area contributed by atoms with Crippen LogP contribution < -0.4 is 9.47 Å². The lowest BCUT2D eigenvalue weighted by molar-refractivity contribution is -0.134. The fraction of sp³-hybridized carbons (Fsp3) is 0.467. The molecule has 0 radical (unpaired) electrons. The molecule has 20 heavy (non-hydrogen) atoms. The molecule has 1 aromatic rings. The van der Waals surface area contributed by atoms with Crippen molar-refractivity contribution in [2.24, 2.45) is 5.92 Å². The number of methoxy groups -OCH3 is 1. The quantitative estimate of drug-likeness (QED) is 0.840. The first-order valence-electron chi connectivity index (χ1n) is 6.67. The number of piperidine rings is 1. The van der Waals surface area contributed by atoms with Crippen molar-refractivity contribution in [3.63, 3.8) is 0 Å². The Kier molecular flexibility index (Phi) is 4.83. The molecular weight excluding hydrogens is 256 g/mol. The van der Waals surface area contributed by atoms with Gasteiger partial charge in [0, 0.05) is 25.1 Å². The van der Waals surface area contributed by atoms with E-state index in [1.165, 1.54) is 0 Å². The molecule has 1 amide bonds. The van der Waals surface area contributed by atoms with E-state index in [1.807, 2.05) is 12.1 Å². The van der Waals surface area contributed by atoms with Crippen LogP contribution in [0.5, 0.6) is 11.5 Å². The lowest BCUT2D eigenvalue weighted by Gasteiger charge is -2.29. The highest BCUT2D eigenvalue weighted by Gasteiger charge is 2.22. The summed E-state index contributed by atoms with van der Waals surface area (Å²) in [7, 11) is 1.59. The molecule has 2 rings (SSSR count).